The van der Waals surface area contributed by atoms with Crippen LogP contribution in [0.2, 0.25) is 0 Å². The Morgan fingerprint density at radius 2 is 1.36 bits per heavy atom. The van der Waals surface area contributed by atoms with E-state index in [9.17, 15) is 4.79 Å². The van der Waals surface area contributed by atoms with E-state index in [1.807, 2.05) is 0 Å². The van der Waals surface area contributed by atoms with Crippen molar-refractivity contribution in [1.82, 2.24) is 0 Å². The van der Waals surface area contributed by atoms with Crippen LogP contribution >= 0.6 is 34.8 Å². The highest BCUT2D eigenvalue weighted by molar-refractivity contribution is 6.63. The molecule has 66 valence electrons. The third-order valence-corrected chi connectivity index (χ3v) is 0. The van der Waals surface area contributed by atoms with Crippen LogP contribution in [-0.4, -0.2) is 10.1 Å². The van der Waals surface area contributed by atoms with Gasteiger partial charge in [-0.15, -0.1) is 0 Å². The summed E-state index contributed by atoms with van der Waals surface area (Å²) in [5.41, 5.74) is 0. The van der Waals surface area contributed by atoms with Crippen LogP contribution in [0.5, 0.6) is 0 Å². The number of rotatable bonds is 0. The predicted octanol–water partition coefficient (Wildman–Crippen LogP) is 3.11. The minimum absolute atomic E-state index is 0.167. The summed E-state index contributed by atoms with van der Waals surface area (Å²) in [4.78, 5) is 9.44. The highest BCUT2D eigenvalue weighted by Crippen LogP contribution is 2.03. The maximum Gasteiger partial charge on any atom is 0.180 e. The summed E-state index contributed by atoms with van der Waals surface area (Å²) >= 11 is 14.4. The molecule has 0 aromatic carbocycles. The van der Waals surface area contributed by atoms with Gasteiger partial charge in [-0.2, -0.15) is 5.26 Å². The largest absolute Gasteiger partial charge is 0.300 e. The molecule has 0 N–H and O–H groups in total. The maximum atomic E-state index is 9.44. The lowest BCUT2D eigenvalue weighted by Crippen LogP contribution is -1.69. The molecule has 2 nitrogen and oxygen atoms in total. The molecule has 0 aliphatic heterocycles. The number of ketones is 1. The second kappa shape index (κ2) is 16.5. The van der Waals surface area contributed by atoms with Crippen molar-refractivity contribution in [1.29, 1.82) is 5.26 Å². The molecule has 0 saturated heterocycles. The highest BCUT2D eigenvalue weighted by atomic mass is 35.6. The Hall–Kier alpha value is 0.0300. The number of halogens is 3. The molecule has 0 bridgehead atoms. The highest BCUT2D eigenvalue weighted by Gasteiger charge is 1.78. The average molecular weight is 219 g/mol. The Balaban J connectivity index is -0.0000000886. The first-order valence-corrected chi connectivity index (χ1v) is 3.89. The minimum Gasteiger partial charge on any atom is -0.300 e. The van der Waals surface area contributed by atoms with E-state index < -0.39 is 4.30 Å². The van der Waals surface area contributed by atoms with E-state index >= 15 is 0 Å². The normalized spacial score (nSPS) is 6.36. The molecule has 0 aromatic rings. The van der Waals surface area contributed by atoms with E-state index in [1.54, 1.807) is 6.07 Å². The van der Waals surface area contributed by atoms with Gasteiger partial charge in [0.2, 0.25) is 0 Å². The number of alkyl halides is 3. The molecular weight excluding hydrogens is 208 g/mol. The lowest BCUT2D eigenvalue weighted by Gasteiger charge is -1.69. The number of Topliss-reactive ketones (excluding diaryl/α,β-unsaturated/α-hetero) is 1. The average Bonchev–Trinajstić information content (AvgIpc) is 1.60. The Morgan fingerprint density at radius 3 is 1.36 bits per heavy atom. The molecule has 0 rings (SSSR count). The van der Waals surface area contributed by atoms with Crippen LogP contribution in [0.3, 0.4) is 0 Å². The fourth-order valence-corrected chi connectivity index (χ4v) is 0. The summed E-state index contributed by atoms with van der Waals surface area (Å²) in [6.07, 6.45) is 0. The Bertz CT molecular complexity index is 113. The monoisotopic (exact) mass is 217 g/mol. The molecule has 0 fully saturated rings. The molecule has 5 heteroatoms. The third kappa shape index (κ3) is 719000. The zero-order chi connectivity index (χ0) is 9.86. The van der Waals surface area contributed by atoms with Crippen LogP contribution in [0.25, 0.3) is 0 Å². The summed E-state index contributed by atoms with van der Waals surface area (Å²) in [6, 6.07) is 1.75. The van der Waals surface area contributed by atoms with Crippen LogP contribution < -0.4 is 0 Å². The van der Waals surface area contributed by atoms with Gasteiger partial charge in [-0.3, -0.25) is 0 Å². The standard InChI is InChI=1S/C3H6O.C2H3N.CHCl3/c1-3(2)4;1-2-3;2-1(3)4/h1-2H3;1H3;1H. The van der Waals surface area contributed by atoms with Crippen LogP contribution in [0, 0.1) is 11.3 Å². The van der Waals surface area contributed by atoms with Gasteiger partial charge in [0, 0.05) is 6.92 Å². The Kier molecular flexibility index (Phi) is 25.9. The fraction of sp³-hybridized carbons (Fsp3) is 0.667. The maximum absolute atomic E-state index is 9.44. The number of hydrogen-bond donors (Lipinski definition) is 0. The molecule has 0 unspecified atom stereocenters. The van der Waals surface area contributed by atoms with Gasteiger partial charge in [0.25, 0.3) is 0 Å². The zero-order valence-electron chi connectivity index (χ0n) is 6.57. The van der Waals surface area contributed by atoms with Crippen molar-refractivity contribution in [2.75, 3.05) is 0 Å². The van der Waals surface area contributed by atoms with Gasteiger partial charge in [-0.25, -0.2) is 0 Å². The number of carbonyl (C=O) groups excluding carboxylic acids is 1. The quantitative estimate of drug-likeness (QED) is 0.586. The summed E-state index contributed by atoms with van der Waals surface area (Å²) in [5.74, 6) is 0.167. The first-order chi connectivity index (χ1) is 4.88. The third-order valence-electron chi connectivity index (χ3n) is 0. The van der Waals surface area contributed by atoms with Crippen molar-refractivity contribution in [2.24, 2.45) is 0 Å². The van der Waals surface area contributed by atoms with Crippen molar-refractivity contribution >= 4 is 40.6 Å². The molecule has 0 aliphatic carbocycles. The van der Waals surface area contributed by atoms with E-state index in [0.29, 0.717) is 0 Å². The molecule has 11 heavy (non-hydrogen) atoms. The van der Waals surface area contributed by atoms with Gasteiger partial charge in [-0.1, -0.05) is 34.8 Å². The second-order valence-corrected chi connectivity index (χ2v) is 3.36. The van der Waals surface area contributed by atoms with Gasteiger partial charge in [-0.05, 0) is 13.8 Å². The van der Waals surface area contributed by atoms with E-state index in [2.05, 4.69) is 0 Å². The summed E-state index contributed by atoms with van der Waals surface area (Å²) in [6.45, 7) is 4.49. The topological polar surface area (TPSA) is 40.9 Å². The lowest BCUT2D eigenvalue weighted by molar-refractivity contribution is -0.114. The lowest BCUT2D eigenvalue weighted by atomic mass is 10.6. The molecule has 0 spiro atoms. The molecule has 0 atom stereocenters. The van der Waals surface area contributed by atoms with Crippen LogP contribution in [-0.2, 0) is 4.79 Å². The van der Waals surface area contributed by atoms with Crippen LogP contribution in [0.4, 0.5) is 0 Å². The van der Waals surface area contributed by atoms with Crippen molar-refractivity contribution in [3.05, 3.63) is 0 Å². The summed E-state index contributed by atoms with van der Waals surface area (Å²) in [5, 5.41) is 7.32. The molecule has 0 amide bonds. The van der Waals surface area contributed by atoms with Gasteiger partial charge in [0.1, 0.15) is 5.78 Å². The number of hydrogen-bond acceptors (Lipinski definition) is 2. The van der Waals surface area contributed by atoms with Crippen molar-refractivity contribution in [3.63, 3.8) is 0 Å². The molecule has 0 heterocycles. The number of nitrogens with zero attached hydrogens (tertiary/aromatic N) is 1. The second-order valence-electron chi connectivity index (χ2n) is 1.38. The Morgan fingerprint density at radius 1 is 1.36 bits per heavy atom. The first-order valence-electron chi connectivity index (χ1n) is 2.58. The van der Waals surface area contributed by atoms with Gasteiger partial charge in [0.05, 0.1) is 6.07 Å². The van der Waals surface area contributed by atoms with Gasteiger partial charge < -0.3 is 4.79 Å². The smallest absolute Gasteiger partial charge is 0.180 e. The van der Waals surface area contributed by atoms with Crippen LogP contribution in [0.15, 0.2) is 0 Å². The number of carbonyl (C=O) groups is 1. The Labute approximate surface area is 82.0 Å². The van der Waals surface area contributed by atoms with E-state index in [-0.39, 0.29) is 5.78 Å². The SMILES string of the molecule is CC#N.CC(C)=O.ClC(Cl)Cl. The van der Waals surface area contributed by atoms with E-state index in [0.717, 1.165) is 0 Å². The summed E-state index contributed by atoms with van der Waals surface area (Å²) in [7, 11) is 0. The molecule has 0 saturated carbocycles. The van der Waals surface area contributed by atoms with Crippen molar-refractivity contribution in [2.45, 2.75) is 25.1 Å². The van der Waals surface area contributed by atoms with Crippen molar-refractivity contribution in [3.8, 4) is 6.07 Å². The van der Waals surface area contributed by atoms with Gasteiger partial charge >= 0.3 is 0 Å². The summed E-state index contributed by atoms with van der Waals surface area (Å²) < 4.78 is -0.750. The fourth-order valence-electron chi connectivity index (χ4n) is 0. The van der Waals surface area contributed by atoms with E-state index in [1.165, 1.54) is 20.8 Å². The van der Waals surface area contributed by atoms with Gasteiger partial charge in [0.15, 0.2) is 4.30 Å². The minimum atomic E-state index is -0.750. The molecule has 0 aliphatic rings. The number of nitriles is 1. The molecule has 0 aromatic heterocycles. The first kappa shape index (κ1) is 17.2. The molecule has 0 radical (unpaired) electrons. The zero-order valence-corrected chi connectivity index (χ0v) is 8.83. The molecular formula is C6H10Cl3NO. The van der Waals surface area contributed by atoms with E-state index in [4.69, 9.17) is 40.1 Å². The predicted molar refractivity (Wildman–Crippen MR) is 49.0 cm³/mol. The van der Waals surface area contributed by atoms with Crippen molar-refractivity contribution < 1.29 is 4.79 Å². The van der Waals surface area contributed by atoms with Crippen LogP contribution in [0.1, 0.15) is 20.8 Å².